The van der Waals surface area contributed by atoms with Crippen molar-refractivity contribution in [1.82, 2.24) is 20.4 Å². The van der Waals surface area contributed by atoms with Crippen LogP contribution in [0.15, 0.2) is 28.8 Å². The first-order chi connectivity index (χ1) is 9.78. The Morgan fingerprint density at radius 3 is 2.80 bits per heavy atom. The van der Waals surface area contributed by atoms with Crippen LogP contribution in [-0.2, 0) is 6.54 Å². The molecule has 5 nitrogen and oxygen atoms in total. The summed E-state index contributed by atoms with van der Waals surface area (Å²) in [4.78, 5) is 6.90. The van der Waals surface area contributed by atoms with Gasteiger partial charge in [0.1, 0.15) is 0 Å². The summed E-state index contributed by atoms with van der Waals surface area (Å²) in [7, 11) is 0. The Morgan fingerprint density at radius 1 is 1.35 bits per heavy atom. The van der Waals surface area contributed by atoms with Gasteiger partial charge in [0.25, 0.3) is 0 Å². The van der Waals surface area contributed by atoms with E-state index in [1.807, 2.05) is 18.2 Å². The highest BCUT2D eigenvalue weighted by Crippen LogP contribution is 2.20. The fourth-order valence-corrected chi connectivity index (χ4v) is 2.46. The van der Waals surface area contributed by atoms with Gasteiger partial charge in [0.15, 0.2) is 0 Å². The SMILES string of the molecule is CCN(Cc1nc(-c2ccccc2C)no1)C1CNC1. The normalized spacial score (nSPS) is 15.6. The molecule has 0 amide bonds. The minimum atomic E-state index is 0.591. The molecule has 0 spiro atoms. The van der Waals surface area contributed by atoms with E-state index in [2.05, 4.69) is 40.3 Å². The van der Waals surface area contributed by atoms with Crippen LogP contribution in [0.5, 0.6) is 0 Å². The summed E-state index contributed by atoms with van der Waals surface area (Å²) in [6.45, 7) is 8.04. The highest BCUT2D eigenvalue weighted by molar-refractivity contribution is 5.58. The number of hydrogen-bond donors (Lipinski definition) is 1. The summed E-state index contributed by atoms with van der Waals surface area (Å²) >= 11 is 0. The summed E-state index contributed by atoms with van der Waals surface area (Å²) in [6.07, 6.45) is 0. The van der Waals surface area contributed by atoms with E-state index in [0.29, 0.717) is 17.8 Å². The maximum absolute atomic E-state index is 5.40. The number of aryl methyl sites for hydroxylation is 1. The maximum atomic E-state index is 5.40. The topological polar surface area (TPSA) is 54.2 Å². The van der Waals surface area contributed by atoms with Gasteiger partial charge in [-0.15, -0.1) is 0 Å². The van der Waals surface area contributed by atoms with E-state index >= 15 is 0 Å². The van der Waals surface area contributed by atoms with Gasteiger partial charge < -0.3 is 9.84 Å². The van der Waals surface area contributed by atoms with Gasteiger partial charge in [0.05, 0.1) is 6.54 Å². The molecule has 2 heterocycles. The fourth-order valence-electron chi connectivity index (χ4n) is 2.46. The van der Waals surface area contributed by atoms with Gasteiger partial charge in [0.2, 0.25) is 11.7 Å². The molecular formula is C15H20N4O. The van der Waals surface area contributed by atoms with E-state index in [0.717, 1.165) is 37.3 Å². The molecule has 1 aliphatic rings. The Hall–Kier alpha value is -1.72. The van der Waals surface area contributed by atoms with Crippen LogP contribution in [0.2, 0.25) is 0 Å². The van der Waals surface area contributed by atoms with Gasteiger partial charge in [-0.25, -0.2) is 0 Å². The molecule has 1 saturated heterocycles. The molecule has 106 valence electrons. The monoisotopic (exact) mass is 272 g/mol. The average molecular weight is 272 g/mol. The predicted molar refractivity (Wildman–Crippen MR) is 77.2 cm³/mol. The largest absolute Gasteiger partial charge is 0.338 e. The van der Waals surface area contributed by atoms with Crippen molar-refractivity contribution in [2.75, 3.05) is 19.6 Å². The first-order valence-corrected chi connectivity index (χ1v) is 7.11. The lowest BCUT2D eigenvalue weighted by Crippen LogP contribution is -2.56. The van der Waals surface area contributed by atoms with Gasteiger partial charge in [-0.05, 0) is 19.0 Å². The zero-order valence-electron chi connectivity index (χ0n) is 12.0. The Morgan fingerprint density at radius 2 is 2.15 bits per heavy atom. The van der Waals surface area contributed by atoms with Crippen molar-refractivity contribution in [2.24, 2.45) is 0 Å². The van der Waals surface area contributed by atoms with Crippen LogP contribution in [-0.4, -0.2) is 40.7 Å². The molecule has 0 unspecified atom stereocenters. The zero-order valence-corrected chi connectivity index (χ0v) is 12.0. The van der Waals surface area contributed by atoms with Crippen molar-refractivity contribution < 1.29 is 4.52 Å². The third kappa shape index (κ3) is 2.59. The Kier molecular flexibility index (Phi) is 3.80. The van der Waals surface area contributed by atoms with E-state index < -0.39 is 0 Å². The first-order valence-electron chi connectivity index (χ1n) is 7.11. The predicted octanol–water partition coefficient (Wildman–Crippen LogP) is 1.84. The van der Waals surface area contributed by atoms with Crippen LogP contribution < -0.4 is 5.32 Å². The number of aromatic nitrogens is 2. The minimum Gasteiger partial charge on any atom is -0.338 e. The van der Waals surface area contributed by atoms with Gasteiger partial charge in [-0.3, -0.25) is 4.90 Å². The van der Waals surface area contributed by atoms with Crippen LogP contribution in [0.1, 0.15) is 18.4 Å². The van der Waals surface area contributed by atoms with Gasteiger partial charge in [-0.1, -0.05) is 36.3 Å². The molecule has 0 aliphatic carbocycles. The maximum Gasteiger partial charge on any atom is 0.241 e. The highest BCUT2D eigenvalue weighted by Gasteiger charge is 2.25. The minimum absolute atomic E-state index is 0.591. The lowest BCUT2D eigenvalue weighted by Gasteiger charge is -2.36. The molecule has 0 saturated carbocycles. The molecule has 0 atom stereocenters. The van der Waals surface area contributed by atoms with Crippen LogP contribution in [0.4, 0.5) is 0 Å². The lowest BCUT2D eigenvalue weighted by atomic mass is 10.1. The number of nitrogens with zero attached hydrogens (tertiary/aromatic N) is 3. The van der Waals surface area contributed by atoms with Crippen molar-refractivity contribution in [3.8, 4) is 11.4 Å². The number of likely N-dealkylation sites (N-methyl/N-ethyl adjacent to an activating group) is 1. The van der Waals surface area contributed by atoms with E-state index in [1.165, 1.54) is 0 Å². The molecule has 3 rings (SSSR count). The first kappa shape index (κ1) is 13.3. The Labute approximate surface area is 119 Å². The van der Waals surface area contributed by atoms with E-state index in [1.54, 1.807) is 0 Å². The molecule has 2 aromatic rings. The molecule has 1 fully saturated rings. The second-order valence-corrected chi connectivity index (χ2v) is 5.20. The van der Waals surface area contributed by atoms with Crippen molar-refractivity contribution in [3.63, 3.8) is 0 Å². The third-order valence-electron chi connectivity index (χ3n) is 3.87. The quantitative estimate of drug-likeness (QED) is 0.900. The molecule has 0 bridgehead atoms. The van der Waals surface area contributed by atoms with Crippen molar-refractivity contribution in [1.29, 1.82) is 0 Å². The van der Waals surface area contributed by atoms with Gasteiger partial charge >= 0.3 is 0 Å². The molecule has 0 radical (unpaired) electrons. The highest BCUT2D eigenvalue weighted by atomic mass is 16.5. The number of nitrogens with one attached hydrogen (secondary N) is 1. The molecule has 1 aromatic heterocycles. The van der Waals surface area contributed by atoms with Crippen molar-refractivity contribution in [3.05, 3.63) is 35.7 Å². The Balaban J connectivity index is 1.75. The second kappa shape index (κ2) is 5.73. The standard InChI is InChI=1S/C15H20N4O/c1-3-19(12-8-16-9-12)10-14-17-15(18-20-14)13-7-5-4-6-11(13)2/h4-7,12,16H,3,8-10H2,1-2H3. The summed E-state index contributed by atoms with van der Waals surface area (Å²) in [5, 5.41) is 7.40. The van der Waals surface area contributed by atoms with Crippen LogP contribution in [0.3, 0.4) is 0 Å². The Bertz CT molecular complexity index is 577. The average Bonchev–Trinajstić information content (AvgIpc) is 2.85. The summed E-state index contributed by atoms with van der Waals surface area (Å²) < 4.78 is 5.40. The van der Waals surface area contributed by atoms with Crippen LogP contribution >= 0.6 is 0 Å². The fraction of sp³-hybridized carbons (Fsp3) is 0.467. The molecule has 1 aliphatic heterocycles. The molecule has 1 aromatic carbocycles. The van der Waals surface area contributed by atoms with E-state index in [4.69, 9.17) is 4.52 Å². The smallest absolute Gasteiger partial charge is 0.241 e. The molecule has 1 N–H and O–H groups in total. The van der Waals surface area contributed by atoms with Crippen molar-refractivity contribution >= 4 is 0 Å². The number of hydrogen-bond acceptors (Lipinski definition) is 5. The number of benzene rings is 1. The third-order valence-corrected chi connectivity index (χ3v) is 3.87. The second-order valence-electron chi connectivity index (χ2n) is 5.20. The van der Waals surface area contributed by atoms with E-state index in [-0.39, 0.29) is 0 Å². The van der Waals surface area contributed by atoms with Crippen molar-refractivity contribution in [2.45, 2.75) is 26.4 Å². The molecular weight excluding hydrogens is 252 g/mol. The molecule has 5 heteroatoms. The molecule has 20 heavy (non-hydrogen) atoms. The summed E-state index contributed by atoms with van der Waals surface area (Å²) in [5.41, 5.74) is 2.20. The lowest BCUT2D eigenvalue weighted by molar-refractivity contribution is 0.129. The summed E-state index contributed by atoms with van der Waals surface area (Å²) in [6, 6.07) is 8.69. The van der Waals surface area contributed by atoms with Crippen LogP contribution in [0, 0.1) is 6.92 Å². The zero-order chi connectivity index (χ0) is 13.9. The summed E-state index contributed by atoms with van der Waals surface area (Å²) in [5.74, 6) is 1.37. The van der Waals surface area contributed by atoms with Gasteiger partial charge in [0, 0.05) is 24.7 Å². The van der Waals surface area contributed by atoms with E-state index in [9.17, 15) is 0 Å². The number of rotatable bonds is 5. The van der Waals surface area contributed by atoms with Crippen LogP contribution in [0.25, 0.3) is 11.4 Å². The van der Waals surface area contributed by atoms with Gasteiger partial charge in [-0.2, -0.15) is 4.98 Å².